The molecule has 0 heterocycles. The molecule has 20 heavy (non-hydrogen) atoms. The van der Waals surface area contributed by atoms with Gasteiger partial charge >= 0.3 is 5.97 Å². The molecule has 0 radical (unpaired) electrons. The number of hydrogen-bond donors (Lipinski definition) is 1. The van der Waals surface area contributed by atoms with Crippen LogP contribution in [0.1, 0.15) is 10.4 Å². The highest BCUT2D eigenvalue weighted by molar-refractivity contribution is 7.89. The Morgan fingerprint density at radius 1 is 1.45 bits per heavy atom. The summed E-state index contributed by atoms with van der Waals surface area (Å²) < 4.78 is 53.7. The monoisotopic (exact) mass is 309 g/mol. The molecule has 1 aromatic rings. The highest BCUT2D eigenvalue weighted by Gasteiger charge is 2.25. The number of hydrogen-bond acceptors (Lipinski definition) is 4. The number of halogens is 2. The maximum atomic E-state index is 12.2. The number of carboxylic acid groups (broad SMARTS) is 1. The molecule has 1 rings (SSSR count). The summed E-state index contributed by atoms with van der Waals surface area (Å²) in [6.45, 7) is -0.975. The largest absolute Gasteiger partial charge is 0.496 e. The van der Waals surface area contributed by atoms with Crippen LogP contribution >= 0.6 is 0 Å². The molecule has 1 aromatic carbocycles. The summed E-state index contributed by atoms with van der Waals surface area (Å²) in [5.74, 6) is -1.40. The molecule has 0 atom stereocenters. The van der Waals surface area contributed by atoms with E-state index in [9.17, 15) is 22.0 Å². The van der Waals surface area contributed by atoms with Crippen LogP contribution in [-0.4, -0.2) is 50.9 Å². The second kappa shape index (κ2) is 6.14. The predicted molar refractivity (Wildman–Crippen MR) is 65.8 cm³/mol. The van der Waals surface area contributed by atoms with E-state index in [1.165, 1.54) is 7.11 Å². The van der Waals surface area contributed by atoms with Crippen molar-refractivity contribution in [2.45, 2.75) is 11.3 Å². The molecule has 0 amide bonds. The van der Waals surface area contributed by atoms with Crippen LogP contribution in [0.25, 0.3) is 0 Å². The van der Waals surface area contributed by atoms with Crippen LogP contribution < -0.4 is 4.74 Å². The Labute approximate surface area is 114 Å². The first-order valence-corrected chi connectivity index (χ1v) is 6.80. The summed E-state index contributed by atoms with van der Waals surface area (Å²) >= 11 is 0. The van der Waals surface area contributed by atoms with Gasteiger partial charge in [-0.25, -0.2) is 22.0 Å². The van der Waals surface area contributed by atoms with Gasteiger partial charge in [-0.3, -0.25) is 0 Å². The fourth-order valence-corrected chi connectivity index (χ4v) is 2.66. The van der Waals surface area contributed by atoms with E-state index in [0.29, 0.717) is 4.31 Å². The van der Waals surface area contributed by atoms with Crippen LogP contribution in [0.3, 0.4) is 0 Å². The van der Waals surface area contributed by atoms with E-state index < -0.39 is 29.0 Å². The zero-order chi connectivity index (χ0) is 15.5. The minimum atomic E-state index is -4.18. The number of carbonyl (C=O) groups is 1. The van der Waals surface area contributed by atoms with E-state index in [2.05, 4.69) is 0 Å². The van der Waals surface area contributed by atoms with Crippen molar-refractivity contribution < 1.29 is 31.8 Å². The topological polar surface area (TPSA) is 83.9 Å². The number of benzene rings is 1. The Balaban J connectivity index is 3.26. The lowest BCUT2D eigenvalue weighted by molar-refractivity contribution is 0.0693. The molecule has 0 spiro atoms. The minimum absolute atomic E-state index is 0.0204. The molecule has 0 aliphatic carbocycles. The third-order valence-electron chi connectivity index (χ3n) is 2.50. The number of aromatic carboxylic acids is 1. The number of alkyl halides is 2. The lowest BCUT2D eigenvalue weighted by Crippen LogP contribution is -2.31. The molecule has 0 saturated carbocycles. The number of rotatable bonds is 6. The van der Waals surface area contributed by atoms with Gasteiger partial charge in [0.15, 0.2) is 0 Å². The second-order valence-corrected chi connectivity index (χ2v) is 5.89. The van der Waals surface area contributed by atoms with Gasteiger partial charge in [-0.2, -0.15) is 4.31 Å². The molecule has 9 heteroatoms. The lowest BCUT2D eigenvalue weighted by atomic mass is 10.2. The summed E-state index contributed by atoms with van der Waals surface area (Å²) in [7, 11) is -1.95. The highest BCUT2D eigenvalue weighted by atomic mass is 32.2. The fourth-order valence-electron chi connectivity index (χ4n) is 1.49. The number of ether oxygens (including phenoxy) is 1. The van der Waals surface area contributed by atoms with Crippen molar-refractivity contribution in [3.8, 4) is 5.75 Å². The smallest absolute Gasteiger partial charge is 0.339 e. The van der Waals surface area contributed by atoms with Crippen molar-refractivity contribution in [3.63, 3.8) is 0 Å². The Hall–Kier alpha value is -1.74. The fraction of sp³-hybridized carbons (Fsp3) is 0.364. The molecule has 0 saturated heterocycles. The third kappa shape index (κ3) is 3.42. The zero-order valence-electron chi connectivity index (χ0n) is 10.7. The molecular formula is C11H13F2NO5S. The Kier molecular flexibility index (Phi) is 5.01. The third-order valence-corrected chi connectivity index (χ3v) is 4.32. The molecule has 6 nitrogen and oxygen atoms in total. The SMILES string of the molecule is COc1ccc(S(=O)(=O)N(C)CC(F)F)cc1C(=O)O. The quantitative estimate of drug-likeness (QED) is 0.855. The standard InChI is InChI=1S/C11H13F2NO5S/c1-14(6-10(12)13)20(17,18)7-3-4-9(19-2)8(5-7)11(15)16/h3-5,10H,6H2,1-2H3,(H,15,16). The maximum absolute atomic E-state index is 12.2. The van der Waals surface area contributed by atoms with E-state index in [0.717, 1.165) is 25.2 Å². The molecule has 0 bridgehead atoms. The van der Waals surface area contributed by atoms with Crippen LogP contribution in [-0.2, 0) is 10.0 Å². The van der Waals surface area contributed by atoms with Crippen LogP contribution in [0.5, 0.6) is 5.75 Å². The predicted octanol–water partition coefficient (Wildman–Crippen LogP) is 1.28. The first-order chi connectivity index (χ1) is 9.20. The summed E-state index contributed by atoms with van der Waals surface area (Å²) in [5.41, 5.74) is -0.362. The summed E-state index contributed by atoms with van der Waals surface area (Å²) in [5, 5.41) is 8.96. The second-order valence-electron chi connectivity index (χ2n) is 3.84. The normalized spacial score (nSPS) is 11.9. The first kappa shape index (κ1) is 16.3. The van der Waals surface area contributed by atoms with E-state index >= 15 is 0 Å². The Morgan fingerprint density at radius 2 is 2.05 bits per heavy atom. The van der Waals surface area contributed by atoms with Gasteiger partial charge in [-0.05, 0) is 18.2 Å². The number of sulfonamides is 1. The molecule has 0 aliphatic heterocycles. The van der Waals surface area contributed by atoms with E-state index in [1.54, 1.807) is 0 Å². The van der Waals surface area contributed by atoms with Crippen LogP contribution in [0, 0.1) is 0 Å². The Bertz CT molecular complexity index is 603. The van der Waals surface area contributed by atoms with Gasteiger partial charge in [0, 0.05) is 7.05 Å². The molecule has 0 aromatic heterocycles. The van der Waals surface area contributed by atoms with E-state index in [4.69, 9.17) is 9.84 Å². The van der Waals surface area contributed by atoms with Crippen molar-refractivity contribution >= 4 is 16.0 Å². The average molecular weight is 309 g/mol. The van der Waals surface area contributed by atoms with Gasteiger partial charge in [-0.15, -0.1) is 0 Å². The number of carboxylic acids is 1. The molecule has 112 valence electrons. The zero-order valence-corrected chi connectivity index (χ0v) is 11.5. The Morgan fingerprint density at radius 3 is 2.50 bits per heavy atom. The van der Waals surface area contributed by atoms with Gasteiger partial charge in [0.2, 0.25) is 10.0 Å². The highest BCUT2D eigenvalue weighted by Crippen LogP contribution is 2.24. The van der Waals surface area contributed by atoms with Crippen molar-refractivity contribution in [1.29, 1.82) is 0 Å². The van der Waals surface area contributed by atoms with Crippen molar-refractivity contribution in [1.82, 2.24) is 4.31 Å². The van der Waals surface area contributed by atoms with E-state index in [-0.39, 0.29) is 16.2 Å². The maximum Gasteiger partial charge on any atom is 0.339 e. The van der Waals surface area contributed by atoms with Crippen molar-refractivity contribution in [2.24, 2.45) is 0 Å². The van der Waals surface area contributed by atoms with Gasteiger partial charge < -0.3 is 9.84 Å². The van der Waals surface area contributed by atoms with Gasteiger partial charge in [0.1, 0.15) is 11.3 Å². The lowest BCUT2D eigenvalue weighted by Gasteiger charge is -2.17. The van der Waals surface area contributed by atoms with Crippen LogP contribution in [0.15, 0.2) is 23.1 Å². The van der Waals surface area contributed by atoms with Gasteiger partial charge in [0.05, 0.1) is 18.6 Å². The van der Waals surface area contributed by atoms with Gasteiger partial charge in [-0.1, -0.05) is 0 Å². The van der Waals surface area contributed by atoms with Crippen LogP contribution in [0.2, 0.25) is 0 Å². The number of methoxy groups -OCH3 is 1. The van der Waals surface area contributed by atoms with E-state index in [1.807, 2.05) is 0 Å². The van der Waals surface area contributed by atoms with Gasteiger partial charge in [0.25, 0.3) is 6.43 Å². The summed E-state index contributed by atoms with van der Waals surface area (Å²) in [6.07, 6.45) is -2.83. The molecule has 0 fully saturated rings. The summed E-state index contributed by atoms with van der Waals surface area (Å²) in [6, 6.07) is 3.13. The molecule has 1 N–H and O–H groups in total. The average Bonchev–Trinajstić information content (AvgIpc) is 2.36. The molecule has 0 aliphatic rings. The minimum Gasteiger partial charge on any atom is -0.496 e. The van der Waals surface area contributed by atoms with Crippen molar-refractivity contribution in [2.75, 3.05) is 20.7 Å². The van der Waals surface area contributed by atoms with Crippen molar-refractivity contribution in [3.05, 3.63) is 23.8 Å². The first-order valence-electron chi connectivity index (χ1n) is 5.36. The van der Waals surface area contributed by atoms with Crippen LogP contribution in [0.4, 0.5) is 8.78 Å². The molecule has 0 unspecified atom stereocenters. The molecular weight excluding hydrogens is 296 g/mol. The summed E-state index contributed by atoms with van der Waals surface area (Å²) in [4.78, 5) is 10.6. The number of nitrogens with zero attached hydrogens (tertiary/aromatic N) is 1.